The fourth-order valence-corrected chi connectivity index (χ4v) is 1.94. The summed E-state index contributed by atoms with van der Waals surface area (Å²) < 4.78 is 0. The number of ketones is 1. The summed E-state index contributed by atoms with van der Waals surface area (Å²) in [6.07, 6.45) is 0.439. The average Bonchev–Trinajstić information content (AvgIpc) is 2.24. The number of carbonyl (C=O) groups is 1. The Bertz CT molecular complexity index is 395. The maximum atomic E-state index is 11.9. The minimum absolute atomic E-state index is 0.0919. The summed E-state index contributed by atoms with van der Waals surface area (Å²) in [6, 6.07) is 6.91. The largest absolute Gasteiger partial charge is 0.389 e. The van der Waals surface area contributed by atoms with Gasteiger partial charge in [0, 0.05) is 30.1 Å². The molecule has 0 aliphatic carbocycles. The van der Waals surface area contributed by atoms with Gasteiger partial charge in [0.05, 0.1) is 5.60 Å². The second kappa shape index (κ2) is 6.32. The van der Waals surface area contributed by atoms with Crippen molar-refractivity contribution in [3.05, 3.63) is 34.9 Å². The summed E-state index contributed by atoms with van der Waals surface area (Å²) >= 11 is 5.77. The number of carbonyl (C=O) groups excluding carboxylic acids is 1. The molecule has 0 saturated carbocycles. The summed E-state index contributed by atoms with van der Waals surface area (Å²) in [6.45, 7) is 4.68. The van der Waals surface area contributed by atoms with Gasteiger partial charge < -0.3 is 10.0 Å². The van der Waals surface area contributed by atoms with Crippen molar-refractivity contribution in [3.8, 4) is 0 Å². The second-order valence-electron chi connectivity index (χ2n) is 5.23. The van der Waals surface area contributed by atoms with Crippen molar-refractivity contribution < 1.29 is 9.90 Å². The molecule has 3 nitrogen and oxygen atoms in total. The smallest absolute Gasteiger partial charge is 0.164 e. The lowest BCUT2D eigenvalue weighted by atomic mass is 10.1. The predicted octanol–water partition coefficient (Wildman–Crippen LogP) is 2.62. The van der Waals surface area contributed by atoms with Crippen LogP contribution in [0, 0.1) is 0 Å². The summed E-state index contributed by atoms with van der Waals surface area (Å²) in [5.74, 6) is 0.0919. The third kappa shape index (κ3) is 5.63. The van der Waals surface area contributed by atoms with Crippen LogP contribution in [0.25, 0.3) is 0 Å². The van der Waals surface area contributed by atoms with Gasteiger partial charge in [-0.1, -0.05) is 11.6 Å². The molecule has 0 saturated heterocycles. The van der Waals surface area contributed by atoms with Crippen LogP contribution in [0.4, 0.5) is 0 Å². The topological polar surface area (TPSA) is 40.5 Å². The fraction of sp³-hybridized carbons (Fsp3) is 0.500. The lowest BCUT2D eigenvalue weighted by molar-refractivity contribution is 0.0437. The Morgan fingerprint density at radius 1 is 1.33 bits per heavy atom. The van der Waals surface area contributed by atoms with Gasteiger partial charge in [-0.15, -0.1) is 0 Å². The van der Waals surface area contributed by atoms with Crippen molar-refractivity contribution in [1.82, 2.24) is 4.90 Å². The molecule has 100 valence electrons. The quantitative estimate of drug-likeness (QED) is 0.807. The third-order valence-electron chi connectivity index (χ3n) is 2.54. The Labute approximate surface area is 113 Å². The van der Waals surface area contributed by atoms with Gasteiger partial charge in [0.25, 0.3) is 0 Å². The zero-order valence-corrected chi connectivity index (χ0v) is 11.9. The number of benzene rings is 1. The molecule has 0 aromatic heterocycles. The number of aliphatic hydroxyl groups is 1. The first-order valence-corrected chi connectivity index (χ1v) is 6.35. The van der Waals surface area contributed by atoms with E-state index in [0.29, 0.717) is 30.1 Å². The molecule has 0 bridgehead atoms. The Morgan fingerprint density at radius 3 is 2.39 bits per heavy atom. The van der Waals surface area contributed by atoms with E-state index < -0.39 is 5.60 Å². The van der Waals surface area contributed by atoms with Gasteiger partial charge >= 0.3 is 0 Å². The molecule has 0 amide bonds. The summed E-state index contributed by atoms with van der Waals surface area (Å²) in [5, 5.41) is 10.3. The van der Waals surface area contributed by atoms with E-state index in [1.54, 1.807) is 38.1 Å². The van der Waals surface area contributed by atoms with Crippen molar-refractivity contribution in [2.24, 2.45) is 0 Å². The summed E-state index contributed by atoms with van der Waals surface area (Å²) in [5.41, 5.74) is -0.0611. The van der Waals surface area contributed by atoms with Crippen LogP contribution in [0.5, 0.6) is 0 Å². The van der Waals surface area contributed by atoms with Crippen LogP contribution >= 0.6 is 11.6 Å². The van der Waals surface area contributed by atoms with Crippen LogP contribution in [-0.4, -0.2) is 41.5 Å². The molecule has 0 aliphatic rings. The first kappa shape index (κ1) is 15.2. The SMILES string of the molecule is CN(CCC(=O)c1ccc(Cl)cc1)CC(C)(C)O. The van der Waals surface area contributed by atoms with Crippen molar-refractivity contribution in [2.75, 3.05) is 20.1 Å². The monoisotopic (exact) mass is 269 g/mol. The highest BCUT2D eigenvalue weighted by atomic mass is 35.5. The molecule has 0 unspecified atom stereocenters. The summed E-state index contributed by atoms with van der Waals surface area (Å²) in [7, 11) is 1.90. The second-order valence-corrected chi connectivity index (χ2v) is 5.67. The van der Waals surface area contributed by atoms with Crippen LogP contribution in [0.1, 0.15) is 30.6 Å². The maximum absolute atomic E-state index is 11.9. The molecule has 1 aromatic carbocycles. The van der Waals surface area contributed by atoms with Crippen molar-refractivity contribution in [2.45, 2.75) is 25.9 Å². The van der Waals surface area contributed by atoms with E-state index in [1.165, 1.54) is 0 Å². The molecular weight excluding hydrogens is 250 g/mol. The standard InChI is InChI=1S/C14H20ClNO2/c1-14(2,18)10-16(3)9-8-13(17)11-4-6-12(15)7-5-11/h4-7,18H,8-10H2,1-3H3. The van der Waals surface area contributed by atoms with E-state index >= 15 is 0 Å². The fourth-order valence-electron chi connectivity index (χ4n) is 1.81. The van der Waals surface area contributed by atoms with Crippen LogP contribution in [0.15, 0.2) is 24.3 Å². The number of likely N-dealkylation sites (N-methyl/N-ethyl adjacent to an activating group) is 1. The Hall–Kier alpha value is -0.900. The molecule has 0 spiro atoms. The third-order valence-corrected chi connectivity index (χ3v) is 2.80. The van der Waals surface area contributed by atoms with E-state index in [9.17, 15) is 9.90 Å². The Morgan fingerprint density at radius 2 is 1.89 bits per heavy atom. The number of rotatable bonds is 6. The molecule has 4 heteroatoms. The molecule has 1 rings (SSSR count). The van der Waals surface area contributed by atoms with E-state index in [4.69, 9.17) is 11.6 Å². The Balaban J connectivity index is 2.44. The maximum Gasteiger partial charge on any atom is 0.164 e. The first-order chi connectivity index (χ1) is 8.28. The predicted molar refractivity (Wildman–Crippen MR) is 74.2 cm³/mol. The normalized spacial score (nSPS) is 11.9. The van der Waals surface area contributed by atoms with Gasteiger partial charge in [0.2, 0.25) is 0 Å². The molecule has 0 aliphatic heterocycles. The molecule has 0 atom stereocenters. The Kier molecular flexibility index (Phi) is 5.32. The zero-order valence-electron chi connectivity index (χ0n) is 11.1. The van der Waals surface area contributed by atoms with Crippen molar-refractivity contribution in [1.29, 1.82) is 0 Å². The van der Waals surface area contributed by atoms with Crippen LogP contribution in [0.3, 0.4) is 0 Å². The van der Waals surface area contributed by atoms with Crippen LogP contribution < -0.4 is 0 Å². The molecule has 0 fully saturated rings. The van der Waals surface area contributed by atoms with Gasteiger partial charge in [-0.2, -0.15) is 0 Å². The molecule has 0 radical (unpaired) electrons. The van der Waals surface area contributed by atoms with Gasteiger partial charge in [-0.25, -0.2) is 0 Å². The molecule has 1 N–H and O–H groups in total. The minimum Gasteiger partial charge on any atom is -0.389 e. The van der Waals surface area contributed by atoms with Gasteiger partial charge in [0.15, 0.2) is 5.78 Å². The molecule has 0 heterocycles. The average molecular weight is 270 g/mol. The van der Waals surface area contributed by atoms with Gasteiger partial charge in [-0.3, -0.25) is 4.79 Å². The number of hydrogen-bond donors (Lipinski definition) is 1. The van der Waals surface area contributed by atoms with E-state index in [0.717, 1.165) is 0 Å². The lowest BCUT2D eigenvalue weighted by Gasteiger charge is -2.25. The molecular formula is C14H20ClNO2. The van der Waals surface area contributed by atoms with E-state index in [1.807, 2.05) is 11.9 Å². The highest BCUT2D eigenvalue weighted by Gasteiger charge is 2.16. The summed E-state index contributed by atoms with van der Waals surface area (Å²) in [4.78, 5) is 13.8. The van der Waals surface area contributed by atoms with E-state index in [2.05, 4.69) is 0 Å². The molecule has 1 aromatic rings. The number of nitrogens with zero attached hydrogens (tertiary/aromatic N) is 1. The van der Waals surface area contributed by atoms with Crippen LogP contribution in [0.2, 0.25) is 5.02 Å². The zero-order chi connectivity index (χ0) is 13.8. The highest BCUT2D eigenvalue weighted by Crippen LogP contribution is 2.11. The number of Topliss-reactive ketones (excluding diaryl/α,β-unsaturated/α-hetero) is 1. The number of halogens is 1. The lowest BCUT2D eigenvalue weighted by Crippen LogP contribution is -2.37. The highest BCUT2D eigenvalue weighted by molar-refractivity contribution is 6.30. The number of hydrogen-bond acceptors (Lipinski definition) is 3. The van der Waals surface area contributed by atoms with Crippen molar-refractivity contribution in [3.63, 3.8) is 0 Å². The minimum atomic E-state index is -0.738. The van der Waals surface area contributed by atoms with Crippen LogP contribution in [-0.2, 0) is 0 Å². The van der Waals surface area contributed by atoms with Crippen molar-refractivity contribution >= 4 is 17.4 Å². The van der Waals surface area contributed by atoms with E-state index in [-0.39, 0.29) is 5.78 Å². The van der Waals surface area contributed by atoms with Gasteiger partial charge in [-0.05, 0) is 45.2 Å². The van der Waals surface area contributed by atoms with Gasteiger partial charge in [0.1, 0.15) is 0 Å². The first-order valence-electron chi connectivity index (χ1n) is 5.97. The molecule has 18 heavy (non-hydrogen) atoms.